The summed E-state index contributed by atoms with van der Waals surface area (Å²) in [6.07, 6.45) is 0.888. The number of amides is 1. The van der Waals surface area contributed by atoms with E-state index in [9.17, 15) is 13.2 Å². The number of methoxy groups -OCH3 is 1. The average Bonchev–Trinajstić information content (AvgIpc) is 2.73. The van der Waals surface area contributed by atoms with Crippen molar-refractivity contribution in [2.75, 3.05) is 37.4 Å². The van der Waals surface area contributed by atoms with Crippen LogP contribution >= 0.6 is 0 Å². The zero-order chi connectivity index (χ0) is 21.4. The lowest BCUT2D eigenvalue weighted by Gasteiger charge is -2.20. The van der Waals surface area contributed by atoms with Gasteiger partial charge in [-0.05, 0) is 36.8 Å². The number of rotatable bonds is 10. The molecule has 2 aromatic carbocycles. The highest BCUT2D eigenvalue weighted by molar-refractivity contribution is 7.89. The molecule has 0 aromatic heterocycles. The first-order valence-electron chi connectivity index (χ1n) is 9.71. The van der Waals surface area contributed by atoms with Gasteiger partial charge in [0.2, 0.25) is 10.0 Å². The minimum Gasteiger partial charge on any atom is -0.496 e. The lowest BCUT2D eigenvalue weighted by Crippen LogP contribution is -2.30. The van der Waals surface area contributed by atoms with Crippen LogP contribution in [-0.2, 0) is 10.0 Å². The molecular formula is C21H29N3O4S. The molecule has 2 aromatic rings. The predicted molar refractivity (Wildman–Crippen MR) is 116 cm³/mol. The second-order valence-electron chi connectivity index (χ2n) is 6.38. The van der Waals surface area contributed by atoms with Crippen molar-refractivity contribution in [2.24, 2.45) is 0 Å². The van der Waals surface area contributed by atoms with Gasteiger partial charge >= 0.3 is 0 Å². The number of carbonyl (C=O) groups is 1. The summed E-state index contributed by atoms with van der Waals surface area (Å²) in [6, 6.07) is 11.6. The fraction of sp³-hybridized carbons (Fsp3) is 0.381. The van der Waals surface area contributed by atoms with Gasteiger partial charge in [-0.15, -0.1) is 0 Å². The van der Waals surface area contributed by atoms with Crippen LogP contribution in [0.5, 0.6) is 5.75 Å². The molecule has 0 aliphatic carbocycles. The quantitative estimate of drug-likeness (QED) is 0.612. The average molecular weight is 420 g/mol. The molecule has 1 amide bonds. The summed E-state index contributed by atoms with van der Waals surface area (Å²) in [6.45, 7) is 7.05. The largest absolute Gasteiger partial charge is 0.496 e. The summed E-state index contributed by atoms with van der Waals surface area (Å²) >= 11 is 0. The normalized spacial score (nSPS) is 11.3. The van der Waals surface area contributed by atoms with Crippen molar-refractivity contribution in [3.8, 4) is 5.75 Å². The van der Waals surface area contributed by atoms with Crippen LogP contribution in [0.15, 0.2) is 47.4 Å². The molecule has 8 heteroatoms. The van der Waals surface area contributed by atoms with Crippen molar-refractivity contribution >= 4 is 27.3 Å². The summed E-state index contributed by atoms with van der Waals surface area (Å²) in [7, 11) is -2.15. The Morgan fingerprint density at radius 3 is 2.34 bits per heavy atom. The second-order valence-corrected chi connectivity index (χ2v) is 8.32. The number of nitrogens with zero attached hydrogens (tertiary/aromatic N) is 1. The Morgan fingerprint density at radius 2 is 1.72 bits per heavy atom. The third-order valence-corrected chi connectivity index (χ3v) is 6.55. The van der Waals surface area contributed by atoms with Gasteiger partial charge in [0.15, 0.2) is 0 Å². The van der Waals surface area contributed by atoms with Crippen molar-refractivity contribution in [3.05, 3.63) is 48.0 Å². The molecule has 0 aliphatic heterocycles. The number of hydrogen-bond acceptors (Lipinski definition) is 5. The van der Waals surface area contributed by atoms with Gasteiger partial charge in [-0.1, -0.05) is 32.9 Å². The lowest BCUT2D eigenvalue weighted by atomic mass is 10.1. The monoisotopic (exact) mass is 419 g/mol. The molecule has 0 spiro atoms. The third kappa shape index (κ3) is 5.27. The van der Waals surface area contributed by atoms with Crippen molar-refractivity contribution in [1.82, 2.24) is 4.31 Å². The molecule has 7 nitrogen and oxygen atoms in total. The van der Waals surface area contributed by atoms with E-state index in [0.29, 0.717) is 42.3 Å². The number of carbonyl (C=O) groups excluding carboxylic acids is 1. The fourth-order valence-electron chi connectivity index (χ4n) is 2.94. The summed E-state index contributed by atoms with van der Waals surface area (Å²) in [5.41, 5.74) is 1.43. The van der Waals surface area contributed by atoms with E-state index >= 15 is 0 Å². The van der Waals surface area contributed by atoms with Crippen LogP contribution in [-0.4, -0.2) is 45.4 Å². The van der Waals surface area contributed by atoms with Crippen molar-refractivity contribution in [3.63, 3.8) is 0 Å². The van der Waals surface area contributed by atoms with Gasteiger partial charge in [-0.25, -0.2) is 8.42 Å². The van der Waals surface area contributed by atoms with Crippen LogP contribution in [0.25, 0.3) is 0 Å². The minimum absolute atomic E-state index is 0.138. The van der Waals surface area contributed by atoms with Gasteiger partial charge in [0.25, 0.3) is 5.91 Å². The van der Waals surface area contributed by atoms with Gasteiger partial charge in [0.05, 0.1) is 28.9 Å². The van der Waals surface area contributed by atoms with Crippen molar-refractivity contribution < 1.29 is 17.9 Å². The van der Waals surface area contributed by atoms with Crippen LogP contribution in [0.2, 0.25) is 0 Å². The number of nitrogens with one attached hydrogen (secondary N) is 2. The smallest absolute Gasteiger partial charge is 0.259 e. The number of hydrogen-bond donors (Lipinski definition) is 2. The van der Waals surface area contributed by atoms with Crippen LogP contribution < -0.4 is 15.4 Å². The van der Waals surface area contributed by atoms with Gasteiger partial charge in [-0.2, -0.15) is 4.31 Å². The Hall–Kier alpha value is -2.58. The maximum Gasteiger partial charge on any atom is 0.259 e. The van der Waals surface area contributed by atoms with E-state index in [1.807, 2.05) is 6.92 Å². The molecule has 0 bridgehead atoms. The van der Waals surface area contributed by atoms with E-state index in [2.05, 4.69) is 10.6 Å². The summed E-state index contributed by atoms with van der Waals surface area (Å²) in [5, 5.41) is 6.06. The summed E-state index contributed by atoms with van der Waals surface area (Å²) in [4.78, 5) is 13.0. The van der Waals surface area contributed by atoms with E-state index in [4.69, 9.17) is 4.74 Å². The fourth-order valence-corrected chi connectivity index (χ4v) is 4.42. The van der Waals surface area contributed by atoms with E-state index < -0.39 is 10.0 Å². The highest BCUT2D eigenvalue weighted by Crippen LogP contribution is 2.29. The van der Waals surface area contributed by atoms with Crippen LogP contribution in [0.4, 0.5) is 11.4 Å². The van der Waals surface area contributed by atoms with Crippen molar-refractivity contribution in [2.45, 2.75) is 32.1 Å². The number of ether oxygens (including phenoxy) is 1. The van der Waals surface area contributed by atoms with E-state index in [0.717, 1.165) is 6.42 Å². The molecule has 158 valence electrons. The standard InChI is InChI=1S/C21H29N3O4S/c1-5-14-22-18-13-12-16(29(26,27)24(6-2)7-3)15-19(18)23-21(25)17-10-8-9-11-20(17)28-4/h8-13,15,22H,5-7,14H2,1-4H3,(H,23,25). The van der Waals surface area contributed by atoms with E-state index in [1.54, 1.807) is 50.2 Å². The Kier molecular flexibility index (Phi) is 8.04. The highest BCUT2D eigenvalue weighted by atomic mass is 32.2. The Bertz CT molecular complexity index is 941. The highest BCUT2D eigenvalue weighted by Gasteiger charge is 2.23. The first-order valence-corrected chi connectivity index (χ1v) is 11.1. The van der Waals surface area contributed by atoms with E-state index in [-0.39, 0.29) is 10.8 Å². The van der Waals surface area contributed by atoms with Crippen LogP contribution in [0.3, 0.4) is 0 Å². The van der Waals surface area contributed by atoms with Gasteiger partial charge < -0.3 is 15.4 Å². The molecule has 29 heavy (non-hydrogen) atoms. The second kappa shape index (κ2) is 10.3. The first-order chi connectivity index (χ1) is 13.9. The molecule has 0 unspecified atom stereocenters. The number of para-hydroxylation sites is 1. The molecule has 0 saturated heterocycles. The van der Waals surface area contributed by atoms with Gasteiger partial charge in [-0.3, -0.25) is 4.79 Å². The topological polar surface area (TPSA) is 87.7 Å². The Balaban J connectivity index is 2.45. The SMILES string of the molecule is CCCNc1ccc(S(=O)(=O)N(CC)CC)cc1NC(=O)c1ccccc1OC. The van der Waals surface area contributed by atoms with Crippen molar-refractivity contribution in [1.29, 1.82) is 0 Å². The lowest BCUT2D eigenvalue weighted by molar-refractivity contribution is 0.102. The molecule has 0 radical (unpaired) electrons. The predicted octanol–water partition coefficient (Wildman–Crippen LogP) is 3.80. The molecule has 2 N–H and O–H groups in total. The minimum atomic E-state index is -3.64. The summed E-state index contributed by atoms with van der Waals surface area (Å²) in [5.74, 6) is 0.0689. The zero-order valence-electron chi connectivity index (χ0n) is 17.4. The Labute approximate surface area is 173 Å². The molecule has 0 atom stereocenters. The molecule has 2 rings (SSSR count). The zero-order valence-corrected chi connectivity index (χ0v) is 18.2. The number of anilines is 2. The van der Waals surface area contributed by atoms with Crippen LogP contribution in [0.1, 0.15) is 37.6 Å². The van der Waals surface area contributed by atoms with Gasteiger partial charge in [0, 0.05) is 19.6 Å². The Morgan fingerprint density at radius 1 is 1.03 bits per heavy atom. The maximum atomic E-state index is 12.9. The molecule has 0 fully saturated rings. The molecular weight excluding hydrogens is 390 g/mol. The van der Waals surface area contributed by atoms with E-state index in [1.165, 1.54) is 17.5 Å². The number of sulfonamides is 1. The molecule has 0 saturated carbocycles. The van der Waals surface area contributed by atoms with Gasteiger partial charge in [0.1, 0.15) is 5.75 Å². The third-order valence-electron chi connectivity index (χ3n) is 4.50. The maximum absolute atomic E-state index is 12.9. The number of benzene rings is 2. The summed E-state index contributed by atoms with van der Waals surface area (Å²) < 4.78 is 32.4. The molecule has 0 heterocycles. The van der Waals surface area contributed by atoms with Crippen LogP contribution in [0, 0.1) is 0 Å². The molecule has 0 aliphatic rings. The first kappa shape index (κ1) is 22.7.